The molecule has 0 aliphatic carbocycles. The largest absolute Gasteiger partial charge is 0.351 e. The molecule has 5 heteroatoms. The number of hydrogen-bond donors (Lipinski definition) is 2. The fourth-order valence-electron chi connectivity index (χ4n) is 2.02. The second-order valence-electron chi connectivity index (χ2n) is 4.87. The van der Waals surface area contributed by atoms with Crippen LogP contribution < -0.4 is 10.6 Å². The van der Waals surface area contributed by atoms with E-state index >= 15 is 0 Å². The SMILES string of the molecule is CCCCSC(C)C(=O)NC1CCCNC1C.Cl. The van der Waals surface area contributed by atoms with Crippen molar-refractivity contribution in [3.8, 4) is 0 Å². The Kier molecular flexibility index (Phi) is 9.97. The zero-order chi connectivity index (χ0) is 12.7. The molecule has 1 amide bonds. The number of thioether (sulfide) groups is 1. The van der Waals surface area contributed by atoms with E-state index in [1.54, 1.807) is 11.8 Å². The minimum Gasteiger partial charge on any atom is -0.351 e. The van der Waals surface area contributed by atoms with Gasteiger partial charge in [0.2, 0.25) is 5.91 Å². The molecule has 0 aromatic rings. The highest BCUT2D eigenvalue weighted by Gasteiger charge is 2.24. The van der Waals surface area contributed by atoms with Crippen molar-refractivity contribution in [2.24, 2.45) is 0 Å². The lowest BCUT2D eigenvalue weighted by molar-refractivity contribution is -0.121. The molecule has 2 N–H and O–H groups in total. The zero-order valence-electron chi connectivity index (χ0n) is 11.7. The molecule has 0 saturated carbocycles. The van der Waals surface area contributed by atoms with Gasteiger partial charge < -0.3 is 10.6 Å². The molecule has 0 aromatic heterocycles. The molecule has 0 radical (unpaired) electrons. The molecule has 1 aliphatic rings. The van der Waals surface area contributed by atoms with Crippen LogP contribution in [-0.4, -0.2) is 35.5 Å². The van der Waals surface area contributed by atoms with Crippen LogP contribution >= 0.6 is 24.2 Å². The van der Waals surface area contributed by atoms with Crippen LogP contribution in [0.2, 0.25) is 0 Å². The first-order chi connectivity index (χ1) is 8.15. The molecule has 1 rings (SSSR count). The van der Waals surface area contributed by atoms with Crippen molar-refractivity contribution < 1.29 is 4.79 Å². The third kappa shape index (κ3) is 6.30. The van der Waals surface area contributed by atoms with E-state index in [9.17, 15) is 4.79 Å². The minimum atomic E-state index is 0. The number of amides is 1. The molecule has 1 heterocycles. The number of carbonyl (C=O) groups excluding carboxylic acids is 1. The van der Waals surface area contributed by atoms with Gasteiger partial charge in [0.15, 0.2) is 0 Å². The van der Waals surface area contributed by atoms with Crippen LogP contribution in [0.1, 0.15) is 46.5 Å². The summed E-state index contributed by atoms with van der Waals surface area (Å²) in [6, 6.07) is 0.714. The summed E-state index contributed by atoms with van der Waals surface area (Å²) in [6.45, 7) is 7.42. The van der Waals surface area contributed by atoms with Crippen molar-refractivity contribution in [2.75, 3.05) is 12.3 Å². The third-order valence-electron chi connectivity index (χ3n) is 3.32. The molecule has 3 atom stereocenters. The summed E-state index contributed by atoms with van der Waals surface area (Å²) in [6.07, 6.45) is 4.66. The van der Waals surface area contributed by atoms with Gasteiger partial charge in [-0.1, -0.05) is 13.3 Å². The lowest BCUT2D eigenvalue weighted by atomic mass is 10.00. The molecule has 18 heavy (non-hydrogen) atoms. The van der Waals surface area contributed by atoms with Gasteiger partial charge in [-0.05, 0) is 45.4 Å². The summed E-state index contributed by atoms with van der Waals surface area (Å²) in [4.78, 5) is 12.0. The molecule has 0 spiro atoms. The van der Waals surface area contributed by atoms with Gasteiger partial charge in [0.1, 0.15) is 0 Å². The first-order valence-corrected chi connectivity index (χ1v) is 7.85. The quantitative estimate of drug-likeness (QED) is 0.740. The Balaban J connectivity index is 0.00000289. The monoisotopic (exact) mass is 294 g/mol. The molecule has 1 saturated heterocycles. The van der Waals surface area contributed by atoms with Gasteiger partial charge in [0.05, 0.1) is 5.25 Å². The minimum absolute atomic E-state index is 0. The van der Waals surface area contributed by atoms with Crippen LogP contribution in [0.25, 0.3) is 0 Å². The molecule has 108 valence electrons. The number of hydrogen-bond acceptors (Lipinski definition) is 3. The summed E-state index contributed by atoms with van der Waals surface area (Å²) in [5.74, 6) is 1.29. The smallest absolute Gasteiger partial charge is 0.233 e. The predicted molar refractivity (Wildman–Crippen MR) is 82.7 cm³/mol. The number of halogens is 1. The number of carbonyl (C=O) groups is 1. The molecule has 3 nitrogen and oxygen atoms in total. The second-order valence-corrected chi connectivity index (χ2v) is 6.32. The summed E-state index contributed by atoms with van der Waals surface area (Å²) >= 11 is 1.77. The van der Waals surface area contributed by atoms with Crippen molar-refractivity contribution in [1.82, 2.24) is 10.6 Å². The standard InChI is InChI=1S/C13H26N2OS.ClH/c1-4-5-9-17-11(3)13(16)15-12-7-6-8-14-10(12)2;/h10-12,14H,4-9H2,1-3H3,(H,15,16);1H. The van der Waals surface area contributed by atoms with Gasteiger partial charge in [-0.2, -0.15) is 0 Å². The van der Waals surface area contributed by atoms with Gasteiger partial charge in [-0.25, -0.2) is 0 Å². The van der Waals surface area contributed by atoms with Gasteiger partial charge in [-0.3, -0.25) is 4.79 Å². The molecule has 0 aromatic carbocycles. The molecule has 1 fully saturated rings. The Morgan fingerprint density at radius 1 is 1.56 bits per heavy atom. The Bertz CT molecular complexity index is 241. The highest BCUT2D eigenvalue weighted by molar-refractivity contribution is 8.00. The lowest BCUT2D eigenvalue weighted by Crippen LogP contribution is -2.53. The van der Waals surface area contributed by atoms with E-state index < -0.39 is 0 Å². The number of piperidine rings is 1. The second kappa shape index (κ2) is 9.93. The van der Waals surface area contributed by atoms with Crippen molar-refractivity contribution in [2.45, 2.75) is 63.8 Å². The van der Waals surface area contributed by atoms with Crippen molar-refractivity contribution in [3.63, 3.8) is 0 Å². The summed E-state index contributed by atoms with van der Waals surface area (Å²) in [5, 5.41) is 6.66. The van der Waals surface area contributed by atoms with E-state index in [-0.39, 0.29) is 23.6 Å². The maximum atomic E-state index is 12.0. The summed E-state index contributed by atoms with van der Waals surface area (Å²) < 4.78 is 0. The van der Waals surface area contributed by atoms with E-state index in [0.29, 0.717) is 12.1 Å². The van der Waals surface area contributed by atoms with Crippen LogP contribution in [0.15, 0.2) is 0 Å². The Morgan fingerprint density at radius 2 is 2.28 bits per heavy atom. The van der Waals surface area contributed by atoms with Crippen LogP contribution in [-0.2, 0) is 4.79 Å². The summed E-state index contributed by atoms with van der Waals surface area (Å²) in [7, 11) is 0. The first kappa shape index (κ1) is 18.1. The lowest BCUT2D eigenvalue weighted by Gasteiger charge is -2.31. The fourth-order valence-corrected chi connectivity index (χ4v) is 3.05. The van der Waals surface area contributed by atoms with E-state index in [0.717, 1.165) is 25.1 Å². The van der Waals surface area contributed by atoms with Crippen molar-refractivity contribution >= 4 is 30.1 Å². The summed E-state index contributed by atoms with van der Waals surface area (Å²) in [5.41, 5.74) is 0. The van der Waals surface area contributed by atoms with Crippen LogP contribution in [0.4, 0.5) is 0 Å². The number of rotatable bonds is 6. The van der Waals surface area contributed by atoms with Gasteiger partial charge in [-0.15, -0.1) is 24.2 Å². The average Bonchev–Trinajstić information content (AvgIpc) is 2.32. The molecule has 3 unspecified atom stereocenters. The number of nitrogens with one attached hydrogen (secondary N) is 2. The number of unbranched alkanes of at least 4 members (excludes halogenated alkanes) is 1. The highest BCUT2D eigenvalue weighted by Crippen LogP contribution is 2.14. The van der Waals surface area contributed by atoms with E-state index in [1.165, 1.54) is 12.8 Å². The van der Waals surface area contributed by atoms with Crippen LogP contribution in [0, 0.1) is 0 Å². The van der Waals surface area contributed by atoms with E-state index in [2.05, 4.69) is 24.5 Å². The topological polar surface area (TPSA) is 41.1 Å². The highest BCUT2D eigenvalue weighted by atomic mass is 35.5. The Labute approximate surface area is 122 Å². The predicted octanol–water partition coefficient (Wildman–Crippen LogP) is 2.59. The zero-order valence-corrected chi connectivity index (χ0v) is 13.3. The normalized spacial score (nSPS) is 25.1. The first-order valence-electron chi connectivity index (χ1n) is 6.80. The maximum Gasteiger partial charge on any atom is 0.233 e. The van der Waals surface area contributed by atoms with Crippen LogP contribution in [0.3, 0.4) is 0 Å². The van der Waals surface area contributed by atoms with Gasteiger partial charge in [0, 0.05) is 12.1 Å². The van der Waals surface area contributed by atoms with Crippen molar-refractivity contribution in [1.29, 1.82) is 0 Å². The van der Waals surface area contributed by atoms with E-state index in [1.807, 2.05) is 6.92 Å². The fraction of sp³-hybridized carbons (Fsp3) is 0.923. The van der Waals surface area contributed by atoms with Crippen LogP contribution in [0.5, 0.6) is 0 Å². The average molecular weight is 295 g/mol. The van der Waals surface area contributed by atoms with Gasteiger partial charge in [0.25, 0.3) is 0 Å². The van der Waals surface area contributed by atoms with E-state index in [4.69, 9.17) is 0 Å². The third-order valence-corrected chi connectivity index (χ3v) is 4.56. The van der Waals surface area contributed by atoms with Crippen molar-refractivity contribution in [3.05, 3.63) is 0 Å². The molecule has 1 aliphatic heterocycles. The molecular formula is C13H27ClN2OS. The Hall–Kier alpha value is 0.0700. The molecular weight excluding hydrogens is 268 g/mol. The molecule has 0 bridgehead atoms. The van der Waals surface area contributed by atoms with Gasteiger partial charge >= 0.3 is 0 Å². The Morgan fingerprint density at radius 3 is 2.89 bits per heavy atom. The maximum absolute atomic E-state index is 12.0.